The van der Waals surface area contributed by atoms with Crippen LogP contribution in [0.25, 0.3) is 0 Å². The monoisotopic (exact) mass is 413 g/mol. The van der Waals surface area contributed by atoms with Crippen molar-refractivity contribution < 1.29 is 17.9 Å². The molecule has 1 aliphatic carbocycles. The van der Waals surface area contributed by atoms with Crippen LogP contribution in [0.5, 0.6) is 0 Å². The summed E-state index contributed by atoms with van der Waals surface area (Å²) in [5, 5.41) is 0. The van der Waals surface area contributed by atoms with E-state index >= 15 is 0 Å². The lowest BCUT2D eigenvalue weighted by Crippen LogP contribution is -2.42. The summed E-state index contributed by atoms with van der Waals surface area (Å²) in [5.74, 6) is 0.00246. The van der Waals surface area contributed by atoms with Crippen LogP contribution >= 0.6 is 0 Å². The minimum Gasteiger partial charge on any atom is -0.364 e. The molecule has 29 heavy (non-hydrogen) atoms. The minimum atomic E-state index is -3.82. The molecule has 0 spiro atoms. The summed E-state index contributed by atoms with van der Waals surface area (Å²) in [6, 6.07) is 15.2. The molecule has 1 aliphatic heterocycles. The maximum Gasteiger partial charge on any atom is 0.241 e. The second-order valence-corrected chi connectivity index (χ2v) is 10.1. The topological polar surface area (TPSA) is 72.5 Å². The molecule has 0 aromatic heterocycles. The average molecular weight is 414 g/mol. The van der Waals surface area contributed by atoms with Gasteiger partial charge in [0.2, 0.25) is 10.0 Å². The third-order valence-electron chi connectivity index (χ3n) is 6.33. The maximum absolute atomic E-state index is 13.4. The van der Waals surface area contributed by atoms with E-state index in [0.29, 0.717) is 0 Å². The number of ketones is 1. The number of sulfonamides is 1. The number of aryl methyl sites for hydroxylation is 1. The summed E-state index contributed by atoms with van der Waals surface area (Å²) < 4.78 is 35.2. The van der Waals surface area contributed by atoms with Crippen molar-refractivity contribution in [1.82, 2.24) is 4.72 Å². The Bertz CT molecular complexity index is 987. The number of fused-ring (bicyclic) bond motifs is 1. The van der Waals surface area contributed by atoms with Gasteiger partial charge in [0.25, 0.3) is 0 Å². The normalized spacial score (nSPS) is 28.1. The van der Waals surface area contributed by atoms with Gasteiger partial charge in [0.1, 0.15) is 6.10 Å². The number of carbonyl (C=O) groups is 1. The first-order valence-corrected chi connectivity index (χ1v) is 11.6. The summed E-state index contributed by atoms with van der Waals surface area (Å²) in [4.78, 5) is 13.6. The fourth-order valence-electron chi connectivity index (χ4n) is 4.51. The smallest absolute Gasteiger partial charge is 0.241 e. The van der Waals surface area contributed by atoms with Gasteiger partial charge in [-0.15, -0.1) is 0 Å². The Kier molecular flexibility index (Phi) is 5.36. The van der Waals surface area contributed by atoms with Crippen LogP contribution in [0, 0.1) is 12.3 Å². The molecule has 2 unspecified atom stereocenters. The first-order valence-electron chi connectivity index (χ1n) is 10.1. The summed E-state index contributed by atoms with van der Waals surface area (Å²) in [6.45, 7) is 3.87. The molecule has 2 aromatic rings. The molecule has 0 radical (unpaired) electrons. The number of Topliss-reactive ketones (excluding diaryl/α,β-unsaturated/α-hetero) is 1. The van der Waals surface area contributed by atoms with E-state index in [2.05, 4.69) is 4.72 Å². The van der Waals surface area contributed by atoms with Crippen molar-refractivity contribution in [1.29, 1.82) is 0 Å². The number of ether oxygens (including phenoxy) is 1. The number of nitrogens with one attached hydrogen (secondary N) is 1. The van der Waals surface area contributed by atoms with Gasteiger partial charge in [0, 0.05) is 0 Å². The lowest BCUT2D eigenvalue weighted by molar-refractivity contribution is -0.128. The number of carbonyl (C=O) groups excluding carboxylic acids is 1. The van der Waals surface area contributed by atoms with Crippen LogP contribution in [0.2, 0.25) is 0 Å². The third-order valence-corrected chi connectivity index (χ3v) is 7.79. The first-order chi connectivity index (χ1) is 13.8. The molecule has 2 fully saturated rings. The lowest BCUT2D eigenvalue weighted by atomic mass is 9.71. The molecule has 1 heterocycles. The summed E-state index contributed by atoms with van der Waals surface area (Å²) >= 11 is 0. The highest BCUT2D eigenvalue weighted by Crippen LogP contribution is 2.47. The van der Waals surface area contributed by atoms with E-state index in [1.807, 2.05) is 44.2 Å². The molecule has 2 aromatic carbocycles. The predicted molar refractivity (Wildman–Crippen MR) is 111 cm³/mol. The zero-order chi connectivity index (χ0) is 20.6. The van der Waals surface area contributed by atoms with Crippen molar-refractivity contribution in [2.45, 2.75) is 62.7 Å². The molecule has 1 saturated carbocycles. The van der Waals surface area contributed by atoms with Crippen LogP contribution in [0.3, 0.4) is 0 Å². The van der Waals surface area contributed by atoms with Crippen LogP contribution in [-0.2, 0) is 19.6 Å². The molecule has 6 heteroatoms. The largest absolute Gasteiger partial charge is 0.364 e. The Morgan fingerprint density at radius 1 is 1.07 bits per heavy atom. The van der Waals surface area contributed by atoms with E-state index in [1.165, 1.54) is 0 Å². The Balaban J connectivity index is 1.70. The van der Waals surface area contributed by atoms with E-state index in [9.17, 15) is 13.2 Å². The van der Waals surface area contributed by atoms with Gasteiger partial charge >= 0.3 is 0 Å². The first kappa shape index (κ1) is 20.3. The van der Waals surface area contributed by atoms with Gasteiger partial charge in [0.05, 0.1) is 22.5 Å². The number of rotatable bonds is 5. The molecule has 2 aliphatic rings. The lowest BCUT2D eigenvalue weighted by Gasteiger charge is -2.32. The van der Waals surface area contributed by atoms with Gasteiger partial charge in [-0.3, -0.25) is 4.79 Å². The molecule has 4 rings (SSSR count). The van der Waals surface area contributed by atoms with Crippen molar-refractivity contribution in [3.8, 4) is 0 Å². The number of benzene rings is 2. The Morgan fingerprint density at radius 2 is 1.76 bits per heavy atom. The van der Waals surface area contributed by atoms with Gasteiger partial charge in [0.15, 0.2) is 5.78 Å². The van der Waals surface area contributed by atoms with Crippen LogP contribution in [-0.4, -0.2) is 26.4 Å². The molecule has 1 saturated heterocycles. The fourth-order valence-corrected chi connectivity index (χ4v) is 5.74. The van der Waals surface area contributed by atoms with Crippen LogP contribution in [0.15, 0.2) is 59.5 Å². The standard InChI is InChI=1S/C23H27NO4S/c1-16-11-13-18(14-12-16)29(26,27)24-20(17-8-4-3-5-9-17)21-22(25)23(2)15-7-6-10-19(23)28-21/h3-5,8-9,11-14,19-21,24H,6-7,10,15H2,1-2H3/t19?,20?,21-,23+/m0/s1. The molecule has 4 atom stereocenters. The highest BCUT2D eigenvalue weighted by molar-refractivity contribution is 7.89. The van der Waals surface area contributed by atoms with Crippen molar-refractivity contribution in [2.24, 2.45) is 5.41 Å². The van der Waals surface area contributed by atoms with E-state index in [0.717, 1.165) is 36.8 Å². The van der Waals surface area contributed by atoms with E-state index < -0.39 is 27.6 Å². The van der Waals surface area contributed by atoms with Crippen molar-refractivity contribution >= 4 is 15.8 Å². The van der Waals surface area contributed by atoms with E-state index in [1.54, 1.807) is 24.3 Å². The number of hydrogen-bond acceptors (Lipinski definition) is 4. The second kappa shape index (κ2) is 7.67. The Labute approximate surface area is 172 Å². The second-order valence-electron chi connectivity index (χ2n) is 8.40. The van der Waals surface area contributed by atoms with Gasteiger partial charge in [-0.25, -0.2) is 13.1 Å². The van der Waals surface area contributed by atoms with Crippen molar-refractivity contribution in [3.63, 3.8) is 0 Å². The molecule has 0 amide bonds. The van der Waals surface area contributed by atoms with E-state index in [-0.39, 0.29) is 16.8 Å². The van der Waals surface area contributed by atoms with Crippen molar-refractivity contribution in [3.05, 3.63) is 65.7 Å². The minimum absolute atomic E-state index is 0.00246. The van der Waals surface area contributed by atoms with Crippen LogP contribution in [0.1, 0.15) is 49.8 Å². The third kappa shape index (κ3) is 3.77. The summed E-state index contributed by atoms with van der Waals surface area (Å²) in [7, 11) is -3.82. The van der Waals surface area contributed by atoms with Crippen LogP contribution in [0.4, 0.5) is 0 Å². The van der Waals surface area contributed by atoms with Gasteiger partial charge in [-0.05, 0) is 37.5 Å². The molecule has 154 valence electrons. The van der Waals surface area contributed by atoms with Gasteiger partial charge in [-0.1, -0.05) is 67.8 Å². The predicted octanol–water partition coefficient (Wildman–Crippen LogP) is 3.93. The van der Waals surface area contributed by atoms with Gasteiger partial charge < -0.3 is 4.74 Å². The Hall–Kier alpha value is -2.02. The fraction of sp³-hybridized carbons (Fsp3) is 0.435. The Morgan fingerprint density at radius 3 is 2.41 bits per heavy atom. The molecular formula is C23H27NO4S. The van der Waals surface area contributed by atoms with Crippen LogP contribution < -0.4 is 4.72 Å². The zero-order valence-corrected chi connectivity index (χ0v) is 17.6. The van der Waals surface area contributed by atoms with E-state index in [4.69, 9.17) is 4.74 Å². The molecular weight excluding hydrogens is 386 g/mol. The highest BCUT2D eigenvalue weighted by atomic mass is 32.2. The van der Waals surface area contributed by atoms with Crippen molar-refractivity contribution in [2.75, 3.05) is 0 Å². The maximum atomic E-state index is 13.4. The highest BCUT2D eigenvalue weighted by Gasteiger charge is 2.56. The number of hydrogen-bond donors (Lipinski definition) is 1. The van der Waals surface area contributed by atoms with Gasteiger partial charge in [-0.2, -0.15) is 0 Å². The molecule has 1 N–H and O–H groups in total. The average Bonchev–Trinajstić information content (AvgIpc) is 2.98. The molecule has 0 bridgehead atoms. The SMILES string of the molecule is Cc1ccc(S(=O)(=O)NC(c2ccccc2)[C@@H]2OC3CCCC[C@@]3(C)C2=O)cc1. The quantitative estimate of drug-likeness (QED) is 0.806. The molecule has 5 nitrogen and oxygen atoms in total. The zero-order valence-electron chi connectivity index (χ0n) is 16.8. The summed E-state index contributed by atoms with van der Waals surface area (Å²) in [6.07, 6.45) is 2.68. The summed E-state index contributed by atoms with van der Waals surface area (Å²) in [5.41, 5.74) is 1.17.